The Labute approximate surface area is 127 Å². The zero-order chi connectivity index (χ0) is 15.1. The van der Waals surface area contributed by atoms with Gasteiger partial charge in [-0.3, -0.25) is 0 Å². The first-order valence-corrected chi connectivity index (χ1v) is 7.34. The van der Waals surface area contributed by atoms with E-state index in [0.717, 1.165) is 41.4 Å². The summed E-state index contributed by atoms with van der Waals surface area (Å²) in [7, 11) is 0. The van der Waals surface area contributed by atoms with Gasteiger partial charge in [0.1, 0.15) is 5.82 Å². The van der Waals surface area contributed by atoms with E-state index in [9.17, 15) is 5.11 Å². The molecule has 1 saturated heterocycles. The molecule has 3 aromatic rings. The fourth-order valence-corrected chi connectivity index (χ4v) is 2.87. The van der Waals surface area contributed by atoms with Crippen molar-refractivity contribution < 1.29 is 5.11 Å². The molecule has 6 nitrogen and oxygen atoms in total. The van der Waals surface area contributed by atoms with Crippen LogP contribution in [0.5, 0.6) is 0 Å². The van der Waals surface area contributed by atoms with E-state index in [2.05, 4.69) is 15.0 Å². The van der Waals surface area contributed by atoms with Crippen molar-refractivity contribution in [1.29, 1.82) is 0 Å². The summed E-state index contributed by atoms with van der Waals surface area (Å²) < 4.78 is 1.82. The first-order chi connectivity index (χ1) is 10.7. The highest BCUT2D eigenvalue weighted by Gasteiger charge is 2.23. The minimum Gasteiger partial charge on any atom is -0.399 e. The maximum Gasteiger partial charge on any atom is 0.157 e. The van der Waals surface area contributed by atoms with Crippen LogP contribution in [-0.4, -0.2) is 38.9 Å². The lowest BCUT2D eigenvalue weighted by Crippen LogP contribution is -2.24. The van der Waals surface area contributed by atoms with Crippen LogP contribution < -0.4 is 10.6 Å². The van der Waals surface area contributed by atoms with E-state index in [1.54, 1.807) is 6.20 Å². The van der Waals surface area contributed by atoms with Crippen LogP contribution in [0.1, 0.15) is 6.42 Å². The Kier molecular flexibility index (Phi) is 2.97. The summed E-state index contributed by atoms with van der Waals surface area (Å²) in [6.07, 6.45) is 2.24. The highest BCUT2D eigenvalue weighted by atomic mass is 16.3. The summed E-state index contributed by atoms with van der Waals surface area (Å²) >= 11 is 0. The van der Waals surface area contributed by atoms with Crippen LogP contribution >= 0.6 is 0 Å². The molecule has 1 aromatic carbocycles. The van der Waals surface area contributed by atoms with Gasteiger partial charge in [0.25, 0.3) is 0 Å². The van der Waals surface area contributed by atoms with Gasteiger partial charge in [-0.25, -0.2) is 4.98 Å². The zero-order valence-corrected chi connectivity index (χ0v) is 12.1. The fourth-order valence-electron chi connectivity index (χ4n) is 2.87. The van der Waals surface area contributed by atoms with Crippen LogP contribution in [0.4, 0.5) is 11.5 Å². The van der Waals surface area contributed by atoms with Gasteiger partial charge in [-0.15, -0.1) is 0 Å². The van der Waals surface area contributed by atoms with Crippen molar-refractivity contribution in [2.24, 2.45) is 0 Å². The lowest BCUT2D eigenvalue weighted by molar-refractivity contribution is 0.198. The Hall–Kier alpha value is -2.60. The summed E-state index contributed by atoms with van der Waals surface area (Å²) in [5.74, 6) is 0.957. The van der Waals surface area contributed by atoms with E-state index in [0.29, 0.717) is 6.54 Å². The highest BCUT2D eigenvalue weighted by molar-refractivity contribution is 5.68. The molecule has 22 heavy (non-hydrogen) atoms. The molecule has 0 saturated carbocycles. The summed E-state index contributed by atoms with van der Waals surface area (Å²) in [6, 6.07) is 11.6. The molecule has 1 aliphatic heterocycles. The van der Waals surface area contributed by atoms with E-state index in [4.69, 9.17) is 5.73 Å². The van der Waals surface area contributed by atoms with Crippen LogP contribution in [0.25, 0.3) is 16.9 Å². The number of hydrogen-bond acceptors (Lipinski definition) is 5. The van der Waals surface area contributed by atoms with Crippen molar-refractivity contribution in [2.45, 2.75) is 12.5 Å². The molecule has 6 heteroatoms. The molecule has 0 bridgehead atoms. The van der Waals surface area contributed by atoms with E-state index in [-0.39, 0.29) is 6.10 Å². The second-order valence-corrected chi connectivity index (χ2v) is 5.61. The molecule has 112 valence electrons. The topological polar surface area (TPSA) is 79.7 Å². The predicted octanol–water partition coefficient (Wildman–Crippen LogP) is 1.55. The quantitative estimate of drug-likeness (QED) is 0.701. The molecule has 4 rings (SSSR count). The minimum atomic E-state index is -0.279. The van der Waals surface area contributed by atoms with Crippen molar-refractivity contribution in [3.63, 3.8) is 0 Å². The Morgan fingerprint density at radius 1 is 1.18 bits per heavy atom. The molecule has 0 radical (unpaired) electrons. The molecule has 1 unspecified atom stereocenters. The molecular formula is C16H17N5O. The highest BCUT2D eigenvalue weighted by Crippen LogP contribution is 2.27. The molecular weight excluding hydrogens is 278 g/mol. The Bertz CT molecular complexity index is 811. The molecule has 3 heterocycles. The smallest absolute Gasteiger partial charge is 0.157 e. The number of aromatic nitrogens is 3. The SMILES string of the molecule is Nc1ccc(-c2cc(N3CCC(O)C3)n3nccc3n2)cc1. The molecule has 2 aromatic heterocycles. The summed E-state index contributed by atoms with van der Waals surface area (Å²) in [5, 5.41) is 14.1. The fraction of sp³-hybridized carbons (Fsp3) is 0.250. The molecule has 1 fully saturated rings. The Morgan fingerprint density at radius 3 is 2.73 bits per heavy atom. The zero-order valence-electron chi connectivity index (χ0n) is 12.1. The maximum absolute atomic E-state index is 9.80. The van der Waals surface area contributed by atoms with Crippen LogP contribution in [0.2, 0.25) is 0 Å². The first kappa shape index (κ1) is 13.1. The minimum absolute atomic E-state index is 0.279. The number of rotatable bonds is 2. The van der Waals surface area contributed by atoms with Gasteiger partial charge < -0.3 is 15.7 Å². The predicted molar refractivity (Wildman–Crippen MR) is 85.7 cm³/mol. The number of nitrogens with two attached hydrogens (primary N) is 1. The Balaban J connectivity index is 1.84. The number of benzene rings is 1. The second-order valence-electron chi connectivity index (χ2n) is 5.61. The van der Waals surface area contributed by atoms with E-state index < -0.39 is 0 Å². The lowest BCUT2D eigenvalue weighted by atomic mass is 10.1. The van der Waals surface area contributed by atoms with Crippen LogP contribution in [0, 0.1) is 0 Å². The van der Waals surface area contributed by atoms with Crippen LogP contribution in [0.15, 0.2) is 42.6 Å². The van der Waals surface area contributed by atoms with Crippen molar-refractivity contribution >= 4 is 17.2 Å². The van der Waals surface area contributed by atoms with Crippen molar-refractivity contribution in [1.82, 2.24) is 14.6 Å². The monoisotopic (exact) mass is 295 g/mol. The maximum atomic E-state index is 9.80. The molecule has 0 amide bonds. The number of hydrogen-bond donors (Lipinski definition) is 2. The third-order valence-corrected chi connectivity index (χ3v) is 4.03. The number of nitrogens with zero attached hydrogens (tertiary/aromatic N) is 4. The number of β-amino-alcohol motifs (C(OH)–C–C–N with tert-alkyl or cyclic N) is 1. The number of aliphatic hydroxyl groups excluding tert-OH is 1. The molecule has 0 aliphatic carbocycles. The number of aliphatic hydroxyl groups is 1. The van der Waals surface area contributed by atoms with E-state index in [1.165, 1.54) is 0 Å². The summed E-state index contributed by atoms with van der Waals surface area (Å²) in [4.78, 5) is 6.80. The van der Waals surface area contributed by atoms with Gasteiger partial charge in [0.15, 0.2) is 5.65 Å². The van der Waals surface area contributed by atoms with Gasteiger partial charge >= 0.3 is 0 Å². The number of anilines is 2. The second kappa shape index (κ2) is 4.99. The average Bonchev–Trinajstić information content (AvgIpc) is 3.15. The molecule has 1 aliphatic rings. The van der Waals surface area contributed by atoms with Gasteiger partial charge in [0.2, 0.25) is 0 Å². The number of nitrogen functional groups attached to an aromatic ring is 1. The Morgan fingerprint density at radius 2 is 2.00 bits per heavy atom. The molecule has 3 N–H and O–H groups in total. The van der Waals surface area contributed by atoms with Gasteiger partial charge in [-0.2, -0.15) is 9.61 Å². The van der Waals surface area contributed by atoms with Crippen molar-refractivity contribution in [2.75, 3.05) is 23.7 Å². The van der Waals surface area contributed by atoms with Crippen LogP contribution in [-0.2, 0) is 0 Å². The normalized spacial score (nSPS) is 18.2. The van der Waals surface area contributed by atoms with E-state index >= 15 is 0 Å². The van der Waals surface area contributed by atoms with Crippen molar-refractivity contribution in [3.05, 3.63) is 42.6 Å². The first-order valence-electron chi connectivity index (χ1n) is 7.34. The largest absolute Gasteiger partial charge is 0.399 e. The molecule has 0 spiro atoms. The summed E-state index contributed by atoms with van der Waals surface area (Å²) in [6.45, 7) is 1.45. The van der Waals surface area contributed by atoms with Crippen LogP contribution in [0.3, 0.4) is 0 Å². The van der Waals surface area contributed by atoms with Crippen molar-refractivity contribution in [3.8, 4) is 11.3 Å². The standard InChI is InChI=1S/C16H17N5O/c17-12-3-1-11(2-4-12)14-9-16(20-8-6-13(22)10-20)21-15(19-14)5-7-18-21/h1-5,7,9,13,22H,6,8,10,17H2. The number of fused-ring (bicyclic) bond motifs is 1. The van der Waals surface area contributed by atoms with Gasteiger partial charge in [0, 0.05) is 36.5 Å². The third-order valence-electron chi connectivity index (χ3n) is 4.03. The lowest BCUT2D eigenvalue weighted by Gasteiger charge is -2.19. The average molecular weight is 295 g/mol. The van der Waals surface area contributed by atoms with Gasteiger partial charge in [-0.05, 0) is 18.6 Å². The van der Waals surface area contributed by atoms with Gasteiger partial charge in [0.05, 0.1) is 18.0 Å². The van der Waals surface area contributed by atoms with E-state index in [1.807, 2.05) is 40.9 Å². The van der Waals surface area contributed by atoms with Gasteiger partial charge in [-0.1, -0.05) is 12.1 Å². The summed E-state index contributed by atoms with van der Waals surface area (Å²) in [5.41, 5.74) is 9.18. The molecule has 1 atom stereocenters. The third kappa shape index (κ3) is 2.17.